The van der Waals surface area contributed by atoms with E-state index < -0.39 is 5.82 Å². The summed E-state index contributed by atoms with van der Waals surface area (Å²) in [5.41, 5.74) is 0.671. The number of furan rings is 1. The van der Waals surface area contributed by atoms with Crippen LogP contribution in [0.3, 0.4) is 0 Å². The average molecular weight is 259 g/mol. The van der Waals surface area contributed by atoms with E-state index in [1.54, 1.807) is 12.1 Å². The number of fused-ring (bicyclic) bond motifs is 1. The predicted octanol–water partition coefficient (Wildman–Crippen LogP) is 2.65. The highest BCUT2D eigenvalue weighted by Crippen LogP contribution is 2.29. The summed E-state index contributed by atoms with van der Waals surface area (Å²) >= 11 is 0. The summed E-state index contributed by atoms with van der Waals surface area (Å²) in [5, 5.41) is 0. The van der Waals surface area contributed by atoms with Gasteiger partial charge in [-0.3, -0.25) is 9.59 Å². The van der Waals surface area contributed by atoms with Crippen molar-refractivity contribution in [1.82, 2.24) is 0 Å². The van der Waals surface area contributed by atoms with Gasteiger partial charge in [0.15, 0.2) is 11.5 Å². The molecule has 2 aromatic rings. The lowest BCUT2D eigenvalue weighted by atomic mass is 10.00. The minimum absolute atomic E-state index is 0.155. The fourth-order valence-corrected chi connectivity index (χ4v) is 2.18. The van der Waals surface area contributed by atoms with Crippen LogP contribution in [0.25, 0.3) is 0 Å². The van der Waals surface area contributed by atoms with Crippen LogP contribution in [-0.4, -0.2) is 18.2 Å². The molecule has 0 spiro atoms. The fraction of sp³-hybridized carbons (Fsp3) is 0.143. The smallest absolute Gasteiger partial charge is 0.293 e. The molecule has 0 saturated carbocycles. The molecule has 2 heterocycles. The molecule has 96 valence electrons. The van der Waals surface area contributed by atoms with Gasteiger partial charge >= 0.3 is 0 Å². The number of benzene rings is 1. The van der Waals surface area contributed by atoms with Gasteiger partial charge in [0, 0.05) is 18.5 Å². The highest BCUT2D eigenvalue weighted by atomic mass is 19.1. The van der Waals surface area contributed by atoms with Crippen molar-refractivity contribution >= 4 is 17.4 Å². The Hall–Kier alpha value is -2.43. The number of carbonyl (C=O) groups excluding carboxylic acids is 2. The average Bonchev–Trinajstić information content (AvgIpc) is 2.93. The molecular formula is C14H10FNO3. The summed E-state index contributed by atoms with van der Waals surface area (Å²) in [7, 11) is 0. The number of nitrogens with zero attached hydrogens (tertiary/aromatic N) is 1. The molecule has 0 aliphatic carbocycles. The minimum Gasteiger partial charge on any atom is -0.459 e. The largest absolute Gasteiger partial charge is 0.459 e. The number of hydrogen-bond acceptors (Lipinski definition) is 3. The zero-order chi connectivity index (χ0) is 13.4. The number of carbonyl (C=O) groups is 2. The summed E-state index contributed by atoms with van der Waals surface area (Å²) in [4.78, 5) is 25.4. The Bertz CT molecular complexity index is 649. The zero-order valence-corrected chi connectivity index (χ0v) is 9.93. The van der Waals surface area contributed by atoms with Crippen molar-refractivity contribution in [3.8, 4) is 0 Å². The third-order valence-corrected chi connectivity index (χ3v) is 3.09. The molecule has 0 unspecified atom stereocenters. The molecule has 5 heteroatoms. The third-order valence-electron chi connectivity index (χ3n) is 3.09. The molecular weight excluding hydrogens is 249 g/mol. The number of ketones is 1. The van der Waals surface area contributed by atoms with Crippen molar-refractivity contribution in [2.45, 2.75) is 6.42 Å². The maximum atomic E-state index is 13.2. The first-order chi connectivity index (χ1) is 9.16. The third kappa shape index (κ3) is 1.93. The number of rotatable bonds is 1. The lowest BCUT2D eigenvalue weighted by Gasteiger charge is -2.27. The number of amides is 1. The Balaban J connectivity index is 2.04. The van der Waals surface area contributed by atoms with E-state index in [1.165, 1.54) is 29.4 Å². The summed E-state index contributed by atoms with van der Waals surface area (Å²) in [5.74, 6) is -0.771. The number of Topliss-reactive ketones (excluding diaryl/α,β-unsaturated/α-hetero) is 1. The summed E-state index contributed by atoms with van der Waals surface area (Å²) in [6, 6.07) is 7.03. The van der Waals surface area contributed by atoms with Gasteiger partial charge in [0.25, 0.3) is 5.91 Å². The minimum atomic E-state index is -0.487. The van der Waals surface area contributed by atoms with Crippen LogP contribution in [0.1, 0.15) is 27.3 Å². The van der Waals surface area contributed by atoms with E-state index in [9.17, 15) is 14.0 Å². The first-order valence-electron chi connectivity index (χ1n) is 5.85. The second-order valence-electron chi connectivity index (χ2n) is 4.27. The molecule has 0 fully saturated rings. The Labute approximate surface area is 108 Å². The van der Waals surface area contributed by atoms with Crippen molar-refractivity contribution < 1.29 is 18.4 Å². The maximum Gasteiger partial charge on any atom is 0.293 e. The van der Waals surface area contributed by atoms with E-state index >= 15 is 0 Å². The van der Waals surface area contributed by atoms with Crippen LogP contribution < -0.4 is 4.90 Å². The van der Waals surface area contributed by atoms with Gasteiger partial charge in [-0.25, -0.2) is 4.39 Å². The Morgan fingerprint density at radius 3 is 2.89 bits per heavy atom. The van der Waals surface area contributed by atoms with Crippen molar-refractivity contribution in [1.29, 1.82) is 0 Å². The number of halogens is 1. The number of hydrogen-bond donors (Lipinski definition) is 0. The molecule has 0 atom stereocenters. The second-order valence-corrected chi connectivity index (χ2v) is 4.27. The van der Waals surface area contributed by atoms with Crippen LogP contribution in [-0.2, 0) is 0 Å². The Kier molecular flexibility index (Phi) is 2.67. The molecule has 1 aromatic carbocycles. The molecule has 19 heavy (non-hydrogen) atoms. The quantitative estimate of drug-likeness (QED) is 0.791. The SMILES string of the molecule is O=C1CCN(C(=O)c2ccco2)c2ccc(F)cc21. The molecule has 4 nitrogen and oxygen atoms in total. The standard InChI is InChI=1S/C14H10FNO3/c15-9-3-4-11-10(8-9)12(17)5-6-16(11)14(18)13-2-1-7-19-13/h1-4,7-8H,5-6H2. The van der Waals surface area contributed by atoms with Gasteiger partial charge in [-0.05, 0) is 30.3 Å². The Morgan fingerprint density at radius 2 is 2.16 bits per heavy atom. The predicted molar refractivity (Wildman–Crippen MR) is 65.7 cm³/mol. The van der Waals surface area contributed by atoms with Gasteiger partial charge in [0.1, 0.15) is 5.82 Å². The molecule has 0 N–H and O–H groups in total. The van der Waals surface area contributed by atoms with Gasteiger partial charge in [-0.2, -0.15) is 0 Å². The molecule has 1 aliphatic heterocycles. The maximum absolute atomic E-state index is 13.2. The molecule has 0 bridgehead atoms. The Morgan fingerprint density at radius 1 is 1.32 bits per heavy atom. The molecule has 1 aromatic heterocycles. The van der Waals surface area contributed by atoms with Crippen molar-refractivity contribution in [3.63, 3.8) is 0 Å². The van der Waals surface area contributed by atoms with Crippen molar-refractivity contribution in [2.75, 3.05) is 11.4 Å². The number of anilines is 1. The lowest BCUT2D eigenvalue weighted by Crippen LogP contribution is -2.37. The van der Waals surface area contributed by atoms with E-state index in [0.29, 0.717) is 5.69 Å². The first-order valence-corrected chi connectivity index (χ1v) is 5.85. The zero-order valence-electron chi connectivity index (χ0n) is 9.93. The van der Waals surface area contributed by atoms with E-state index in [4.69, 9.17) is 4.42 Å². The van der Waals surface area contributed by atoms with E-state index in [0.717, 1.165) is 0 Å². The monoisotopic (exact) mass is 259 g/mol. The van der Waals surface area contributed by atoms with Crippen LogP contribution >= 0.6 is 0 Å². The van der Waals surface area contributed by atoms with E-state index in [2.05, 4.69) is 0 Å². The normalized spacial score (nSPS) is 14.4. The first kappa shape index (κ1) is 11.6. The second kappa shape index (κ2) is 4.35. The van der Waals surface area contributed by atoms with Gasteiger partial charge in [0.05, 0.1) is 12.0 Å². The van der Waals surface area contributed by atoms with Gasteiger partial charge in [-0.1, -0.05) is 0 Å². The van der Waals surface area contributed by atoms with Crippen LogP contribution in [0.15, 0.2) is 41.0 Å². The van der Waals surface area contributed by atoms with Crippen LogP contribution in [0, 0.1) is 5.82 Å². The van der Waals surface area contributed by atoms with E-state index in [1.807, 2.05) is 0 Å². The van der Waals surface area contributed by atoms with E-state index in [-0.39, 0.29) is 36.0 Å². The van der Waals surface area contributed by atoms with Crippen molar-refractivity contribution in [3.05, 3.63) is 53.7 Å². The summed E-state index contributed by atoms with van der Waals surface area (Å²) < 4.78 is 18.3. The topological polar surface area (TPSA) is 50.5 Å². The van der Waals surface area contributed by atoms with Gasteiger partial charge in [0.2, 0.25) is 0 Å². The fourth-order valence-electron chi connectivity index (χ4n) is 2.18. The van der Waals surface area contributed by atoms with Gasteiger partial charge in [-0.15, -0.1) is 0 Å². The highest BCUT2D eigenvalue weighted by molar-refractivity contribution is 6.12. The summed E-state index contributed by atoms with van der Waals surface area (Å²) in [6.07, 6.45) is 1.59. The van der Waals surface area contributed by atoms with Crippen molar-refractivity contribution in [2.24, 2.45) is 0 Å². The molecule has 0 radical (unpaired) electrons. The highest BCUT2D eigenvalue weighted by Gasteiger charge is 2.29. The van der Waals surface area contributed by atoms with Crippen LogP contribution in [0.4, 0.5) is 10.1 Å². The molecule has 3 rings (SSSR count). The molecule has 1 amide bonds. The molecule has 1 aliphatic rings. The summed E-state index contributed by atoms with van der Waals surface area (Å²) in [6.45, 7) is 0.275. The van der Waals surface area contributed by atoms with Crippen LogP contribution in [0.5, 0.6) is 0 Å². The van der Waals surface area contributed by atoms with Gasteiger partial charge < -0.3 is 9.32 Å². The van der Waals surface area contributed by atoms with Crippen LogP contribution in [0.2, 0.25) is 0 Å². The lowest BCUT2D eigenvalue weighted by molar-refractivity contribution is 0.0939. The molecule has 0 saturated heterocycles.